The van der Waals surface area contributed by atoms with Crippen molar-refractivity contribution < 1.29 is 47.6 Å². The van der Waals surface area contributed by atoms with Crippen LogP contribution in [0.4, 0.5) is 0 Å². The molecule has 0 aliphatic heterocycles. The van der Waals surface area contributed by atoms with E-state index in [1.807, 2.05) is 0 Å². The zero-order valence-electron chi connectivity index (χ0n) is 9.44. The van der Waals surface area contributed by atoms with Crippen LogP contribution in [-0.2, 0) is 39.8 Å². The van der Waals surface area contributed by atoms with E-state index in [-0.39, 0.29) is 5.75 Å². The fraction of sp³-hybridized carbons (Fsp3) is 0.500. The first kappa shape index (κ1) is 20.0. The van der Waals surface area contributed by atoms with Crippen molar-refractivity contribution in [3.63, 3.8) is 0 Å². The van der Waals surface area contributed by atoms with Crippen LogP contribution in [0.25, 0.3) is 0 Å². The fourth-order valence-corrected chi connectivity index (χ4v) is 0.704. The Balaban J connectivity index is 0. The van der Waals surface area contributed by atoms with Crippen LogP contribution in [0.3, 0.4) is 0 Å². The molecule has 0 aliphatic carbocycles. The minimum absolute atomic E-state index is 0.222. The summed E-state index contributed by atoms with van der Waals surface area (Å²) in [5.41, 5.74) is 0. The number of aliphatic imine (C=N–C) groups is 3. The summed E-state index contributed by atoms with van der Waals surface area (Å²) in [6.07, 6.45) is 0. The van der Waals surface area contributed by atoms with E-state index in [9.17, 15) is 20.1 Å². The normalized spacial score (nSPS) is 12.7. The topological polar surface area (TPSA) is 161 Å². The predicted molar refractivity (Wildman–Crippen MR) is 57.5 cm³/mol. The molecule has 11 heteroatoms. The van der Waals surface area contributed by atoms with E-state index in [0.29, 0.717) is 0 Å². The van der Waals surface area contributed by atoms with Gasteiger partial charge in [-0.1, -0.05) is 5.90 Å². The minimum atomic E-state index is -1.25. The number of hydrogen-bond donors (Lipinski definition) is 1. The van der Waals surface area contributed by atoms with E-state index in [1.165, 1.54) is 0 Å². The number of carboxylic acid groups (broad SMARTS) is 1. The first-order valence-corrected chi connectivity index (χ1v) is 5.85. The average molecular weight is 374 g/mol. The van der Waals surface area contributed by atoms with Gasteiger partial charge in [0.2, 0.25) is 0 Å². The van der Waals surface area contributed by atoms with Gasteiger partial charge in [0.25, 0.3) is 0 Å². The van der Waals surface area contributed by atoms with Gasteiger partial charge in [-0.2, -0.15) is 0 Å². The van der Waals surface area contributed by atoms with Crippen LogP contribution in [0.2, 0.25) is 0 Å². The van der Waals surface area contributed by atoms with Gasteiger partial charge >= 0.3 is 28.3 Å². The van der Waals surface area contributed by atoms with Crippen molar-refractivity contribution >= 4 is 36.3 Å². The van der Waals surface area contributed by atoms with Gasteiger partial charge in [0.05, 0.1) is 13.1 Å². The molecule has 105 valence electrons. The number of rotatable bonds is 7. The molecule has 0 aromatic heterocycles. The molecular weight excluding hydrogens is 365 g/mol. The molecule has 1 N–H and O–H groups in total. The Bertz CT molecular complexity index is 373. The first-order chi connectivity index (χ1) is 8.95. The molecule has 0 spiro atoms. The predicted octanol–water partition coefficient (Wildman–Crippen LogP) is -4.23. The van der Waals surface area contributed by atoms with Crippen molar-refractivity contribution in [3.8, 4) is 0 Å². The van der Waals surface area contributed by atoms with Crippen molar-refractivity contribution in [2.24, 2.45) is 15.0 Å². The molecule has 9 nitrogen and oxygen atoms in total. The second kappa shape index (κ2) is 13.1. The molecule has 0 aromatic rings. The summed E-state index contributed by atoms with van der Waals surface area (Å²) in [4.78, 5) is 19.7. The molecular formula is C8H9N3O6STc. The van der Waals surface area contributed by atoms with Gasteiger partial charge < -0.3 is 38.0 Å². The second-order valence-corrected chi connectivity index (χ2v) is 2.96. The maximum absolute atomic E-state index is 10.9. The van der Waals surface area contributed by atoms with Crippen LogP contribution in [0.1, 0.15) is 0 Å². The Kier molecular flexibility index (Phi) is 13.8. The van der Waals surface area contributed by atoms with Gasteiger partial charge in [0.15, 0.2) is 0 Å². The Morgan fingerprint density at radius 1 is 0.947 bits per heavy atom. The summed E-state index contributed by atoms with van der Waals surface area (Å²) in [5, 5.41) is 40.6. The summed E-state index contributed by atoms with van der Waals surface area (Å²) >= 11 is 5.28. The quantitative estimate of drug-likeness (QED) is 0.268. The zero-order chi connectivity index (χ0) is 15.3. The molecule has 0 fully saturated rings. The molecule has 0 unspecified atom stereocenters. The monoisotopic (exact) mass is 374 g/mol. The third-order valence-electron chi connectivity index (χ3n) is 1.30. The van der Waals surface area contributed by atoms with Crippen molar-refractivity contribution in [1.29, 1.82) is 0 Å². The van der Waals surface area contributed by atoms with Gasteiger partial charge in [-0.3, -0.25) is 14.8 Å². The van der Waals surface area contributed by atoms with E-state index < -0.39 is 43.3 Å². The van der Waals surface area contributed by atoms with E-state index in [4.69, 9.17) is 8.61 Å². The molecule has 0 rings (SSSR count). The van der Waals surface area contributed by atoms with Crippen molar-refractivity contribution in [1.82, 2.24) is 0 Å². The van der Waals surface area contributed by atoms with Gasteiger partial charge in [0, 0.05) is 0 Å². The van der Waals surface area contributed by atoms with Crippen LogP contribution in [0.5, 0.6) is 0 Å². The second-order valence-electron chi connectivity index (χ2n) is 2.67. The molecule has 0 aromatic carbocycles. The molecule has 0 aliphatic rings. The number of carbonyl (C=O) groups is 1. The Labute approximate surface area is 124 Å². The fourth-order valence-electron chi connectivity index (χ4n) is 0.613. The standard InChI is InChI=1S/C8H13N3O5S.O.Tc/c12-5(2-10-7(14)4-17)9-1-6(13)11-3-8(15)16;;/h17H,1-4H2,(H,9,12)(H,10,14)(H,11,13)(H,15,16);;/q;;+4/p-4/i;;1+1. The molecule has 19 heavy (non-hydrogen) atoms. The number of hydrogen-bond acceptors (Lipinski definition) is 9. The molecule has 0 bridgehead atoms. The van der Waals surface area contributed by atoms with Gasteiger partial charge in [0.1, 0.15) is 6.54 Å². The zero-order valence-corrected chi connectivity index (χ0v) is 12.1. The summed E-state index contributed by atoms with van der Waals surface area (Å²) in [7, 11) is 0. The molecule has 0 radical (unpaired) electrons. The van der Waals surface area contributed by atoms with Gasteiger partial charge in [-0.05, 0) is 11.8 Å². The summed E-state index contributed by atoms with van der Waals surface area (Å²) in [6.45, 7) is -1.69. The first-order valence-electron chi connectivity index (χ1n) is 4.52. The summed E-state index contributed by atoms with van der Waals surface area (Å²) < 4.78 is 8.22. The molecule has 0 saturated heterocycles. The third kappa shape index (κ3) is 14.6. The van der Waals surface area contributed by atoms with Crippen LogP contribution in [0.15, 0.2) is 15.0 Å². The van der Waals surface area contributed by atoms with Crippen molar-refractivity contribution in [3.05, 3.63) is 0 Å². The van der Waals surface area contributed by atoms with E-state index in [2.05, 4.69) is 27.6 Å². The van der Waals surface area contributed by atoms with E-state index in [0.717, 1.165) is 18.9 Å². The molecule has 0 atom stereocenters. The molecule has 0 saturated carbocycles. The van der Waals surface area contributed by atoms with Crippen LogP contribution in [0, 0.1) is 0 Å². The molecule has 0 heterocycles. The Morgan fingerprint density at radius 2 is 1.32 bits per heavy atom. The van der Waals surface area contributed by atoms with Gasteiger partial charge in [-0.15, -0.1) is 5.75 Å². The molecule has 0 amide bonds. The van der Waals surface area contributed by atoms with Crippen LogP contribution < -0.4 is 15.3 Å². The summed E-state index contributed by atoms with van der Waals surface area (Å²) in [6, 6.07) is 0. The number of nitrogens with zero attached hydrogens (tertiary/aromatic N) is 3. The SMILES string of the molecule is O=C(O)CN=C([O-])CN=C([O-])CN=C([O-])C[S-].[O]=[99Tc+4]. The number of carboxylic acids is 1. The average Bonchev–Trinajstić information content (AvgIpc) is 2.42. The van der Waals surface area contributed by atoms with Crippen LogP contribution in [-0.4, -0.2) is 54.2 Å². The van der Waals surface area contributed by atoms with E-state index >= 15 is 0 Å². The summed E-state index contributed by atoms with van der Waals surface area (Å²) in [5.74, 6) is -3.67. The Hall–Kier alpha value is -1.32. The maximum atomic E-state index is 10.9. The van der Waals surface area contributed by atoms with Crippen molar-refractivity contribution in [2.45, 2.75) is 0 Å². The third-order valence-corrected chi connectivity index (χ3v) is 1.54. The number of aliphatic carboxylic acids is 1. The Morgan fingerprint density at radius 3 is 1.68 bits per heavy atom. The van der Waals surface area contributed by atoms with E-state index in [1.54, 1.807) is 0 Å². The van der Waals surface area contributed by atoms with Crippen molar-refractivity contribution in [2.75, 3.05) is 25.4 Å². The van der Waals surface area contributed by atoms with Crippen LogP contribution >= 0.6 is 0 Å². The van der Waals surface area contributed by atoms with Gasteiger partial charge in [-0.25, -0.2) is 0 Å².